The fourth-order valence-electron chi connectivity index (χ4n) is 1.56. The van der Waals surface area contributed by atoms with Gasteiger partial charge < -0.3 is 4.90 Å². The Hall–Kier alpha value is -1.06. The number of amidine groups is 1. The van der Waals surface area contributed by atoms with Crippen LogP contribution in [0.3, 0.4) is 0 Å². The lowest BCUT2D eigenvalue weighted by Crippen LogP contribution is -2.32. The number of rotatable bonds is 1. The van der Waals surface area contributed by atoms with Crippen LogP contribution in [0.25, 0.3) is 0 Å². The number of nitrogens with one attached hydrogen (secondary N) is 2. The van der Waals surface area contributed by atoms with Crippen LogP contribution in [0.5, 0.6) is 0 Å². The van der Waals surface area contributed by atoms with Gasteiger partial charge in [0.05, 0.1) is 6.04 Å². The predicted octanol–water partition coefficient (Wildman–Crippen LogP) is 0.397. The van der Waals surface area contributed by atoms with Crippen molar-refractivity contribution in [2.45, 2.75) is 18.9 Å². The maximum atomic E-state index is 11.0. The first-order valence-electron chi connectivity index (χ1n) is 3.82. The molecule has 2 N–H and O–H groups in total. The normalized spacial score (nSPS) is 31.0. The van der Waals surface area contributed by atoms with E-state index in [0.717, 1.165) is 12.8 Å². The van der Waals surface area contributed by atoms with Crippen molar-refractivity contribution >= 4 is 11.9 Å². The van der Waals surface area contributed by atoms with Gasteiger partial charge in [-0.25, -0.2) is 4.79 Å². The zero-order valence-electron chi connectivity index (χ0n) is 6.42. The first-order chi connectivity index (χ1) is 5.20. The second-order valence-electron chi connectivity index (χ2n) is 3.24. The van der Waals surface area contributed by atoms with E-state index >= 15 is 0 Å². The van der Waals surface area contributed by atoms with E-state index < -0.39 is 0 Å². The monoisotopic (exact) mass is 153 g/mol. The lowest BCUT2D eigenvalue weighted by Gasteiger charge is -2.15. The average molecular weight is 153 g/mol. The Balaban J connectivity index is 2.17. The van der Waals surface area contributed by atoms with Crippen LogP contribution in [-0.4, -0.2) is 29.9 Å². The molecule has 11 heavy (non-hydrogen) atoms. The SMILES string of the molecule is CN1C(=O)NC(=N)C1C1CC1. The molecule has 0 bridgehead atoms. The van der Waals surface area contributed by atoms with Gasteiger partial charge in [-0.1, -0.05) is 0 Å². The van der Waals surface area contributed by atoms with Crippen molar-refractivity contribution in [2.75, 3.05) is 7.05 Å². The van der Waals surface area contributed by atoms with Gasteiger partial charge in [0, 0.05) is 7.05 Å². The summed E-state index contributed by atoms with van der Waals surface area (Å²) in [5.74, 6) is 0.923. The summed E-state index contributed by atoms with van der Waals surface area (Å²) in [6.07, 6.45) is 2.32. The van der Waals surface area contributed by atoms with Gasteiger partial charge in [0.1, 0.15) is 5.84 Å². The van der Waals surface area contributed by atoms with Crippen LogP contribution in [0.2, 0.25) is 0 Å². The van der Waals surface area contributed by atoms with Crippen LogP contribution in [-0.2, 0) is 0 Å². The molecule has 1 saturated heterocycles. The van der Waals surface area contributed by atoms with Crippen molar-refractivity contribution in [3.8, 4) is 0 Å². The number of hydrogen-bond acceptors (Lipinski definition) is 2. The van der Waals surface area contributed by atoms with E-state index in [2.05, 4.69) is 5.32 Å². The second kappa shape index (κ2) is 1.96. The third kappa shape index (κ3) is 0.895. The third-order valence-corrected chi connectivity index (χ3v) is 2.34. The molecule has 2 fully saturated rings. The van der Waals surface area contributed by atoms with Crippen molar-refractivity contribution < 1.29 is 4.79 Å². The molecule has 2 rings (SSSR count). The highest BCUT2D eigenvalue weighted by Crippen LogP contribution is 2.36. The van der Waals surface area contributed by atoms with Gasteiger partial charge in [0.2, 0.25) is 0 Å². The maximum absolute atomic E-state index is 11.0. The molecule has 0 aromatic carbocycles. The zero-order chi connectivity index (χ0) is 8.01. The number of carbonyl (C=O) groups excluding carboxylic acids is 1. The summed E-state index contributed by atoms with van der Waals surface area (Å²) >= 11 is 0. The van der Waals surface area contributed by atoms with Gasteiger partial charge >= 0.3 is 6.03 Å². The van der Waals surface area contributed by atoms with E-state index in [1.165, 1.54) is 0 Å². The molecule has 4 nitrogen and oxygen atoms in total. The molecule has 0 radical (unpaired) electrons. The molecular formula is C7H11N3O. The van der Waals surface area contributed by atoms with E-state index in [4.69, 9.17) is 5.41 Å². The van der Waals surface area contributed by atoms with Crippen molar-refractivity contribution in [2.24, 2.45) is 5.92 Å². The molecule has 1 aliphatic carbocycles. The predicted molar refractivity (Wildman–Crippen MR) is 40.5 cm³/mol. The van der Waals surface area contributed by atoms with Crippen LogP contribution in [0.15, 0.2) is 0 Å². The van der Waals surface area contributed by atoms with E-state index in [0.29, 0.717) is 11.8 Å². The number of carbonyl (C=O) groups is 1. The molecular weight excluding hydrogens is 142 g/mol. The minimum atomic E-state index is -0.133. The lowest BCUT2D eigenvalue weighted by molar-refractivity contribution is 0.214. The fraction of sp³-hybridized carbons (Fsp3) is 0.714. The van der Waals surface area contributed by atoms with Crippen LogP contribution in [0, 0.1) is 11.3 Å². The molecule has 0 spiro atoms. The Morgan fingerprint density at radius 3 is 2.64 bits per heavy atom. The van der Waals surface area contributed by atoms with Crippen LogP contribution >= 0.6 is 0 Å². The summed E-state index contributed by atoms with van der Waals surface area (Å²) in [5.41, 5.74) is 0. The minimum absolute atomic E-state index is 0.0440. The second-order valence-corrected chi connectivity index (χ2v) is 3.24. The van der Waals surface area contributed by atoms with Crippen molar-refractivity contribution in [1.82, 2.24) is 10.2 Å². The minimum Gasteiger partial charge on any atom is -0.317 e. The van der Waals surface area contributed by atoms with Gasteiger partial charge in [-0.2, -0.15) is 0 Å². The van der Waals surface area contributed by atoms with Crippen molar-refractivity contribution in [1.29, 1.82) is 5.41 Å². The zero-order valence-corrected chi connectivity index (χ0v) is 6.42. The Labute approximate surface area is 65.1 Å². The maximum Gasteiger partial charge on any atom is 0.323 e. The fourth-order valence-corrected chi connectivity index (χ4v) is 1.56. The number of amides is 2. The molecule has 2 aliphatic rings. The van der Waals surface area contributed by atoms with Gasteiger partial charge in [-0.15, -0.1) is 0 Å². The first kappa shape index (κ1) is 6.64. The highest BCUT2D eigenvalue weighted by Gasteiger charge is 2.43. The molecule has 0 aromatic heterocycles. The molecule has 1 saturated carbocycles. The van der Waals surface area contributed by atoms with Crippen LogP contribution in [0.1, 0.15) is 12.8 Å². The Morgan fingerprint density at radius 2 is 2.27 bits per heavy atom. The average Bonchev–Trinajstić information content (AvgIpc) is 2.68. The van der Waals surface area contributed by atoms with E-state index in [9.17, 15) is 4.79 Å². The van der Waals surface area contributed by atoms with E-state index in [1.807, 2.05) is 0 Å². The summed E-state index contributed by atoms with van der Waals surface area (Å²) in [6.45, 7) is 0. The summed E-state index contributed by atoms with van der Waals surface area (Å²) in [6, 6.07) is -0.0885. The van der Waals surface area contributed by atoms with Gasteiger partial charge in [0.15, 0.2) is 0 Å². The summed E-state index contributed by atoms with van der Waals surface area (Å²) in [4.78, 5) is 12.6. The first-order valence-corrected chi connectivity index (χ1v) is 3.82. The van der Waals surface area contributed by atoms with Gasteiger partial charge in [0.25, 0.3) is 0 Å². The molecule has 2 amide bonds. The molecule has 0 aromatic rings. The molecule has 1 heterocycles. The quantitative estimate of drug-likeness (QED) is 0.562. The topological polar surface area (TPSA) is 56.2 Å². The number of urea groups is 1. The smallest absolute Gasteiger partial charge is 0.317 e. The van der Waals surface area contributed by atoms with Crippen molar-refractivity contribution in [3.05, 3.63) is 0 Å². The van der Waals surface area contributed by atoms with E-state index in [1.54, 1.807) is 11.9 Å². The Kier molecular flexibility index (Phi) is 1.19. The number of hydrogen-bond donors (Lipinski definition) is 2. The largest absolute Gasteiger partial charge is 0.323 e. The number of nitrogens with zero attached hydrogens (tertiary/aromatic N) is 1. The summed E-state index contributed by atoms with van der Waals surface area (Å²) < 4.78 is 0. The highest BCUT2D eigenvalue weighted by molar-refractivity contribution is 6.05. The summed E-state index contributed by atoms with van der Waals surface area (Å²) in [7, 11) is 1.75. The summed E-state index contributed by atoms with van der Waals surface area (Å²) in [5, 5.41) is 9.97. The molecule has 1 unspecified atom stereocenters. The van der Waals surface area contributed by atoms with Crippen molar-refractivity contribution in [3.63, 3.8) is 0 Å². The Bertz CT molecular complexity index is 222. The van der Waals surface area contributed by atoms with Gasteiger partial charge in [-0.3, -0.25) is 10.7 Å². The van der Waals surface area contributed by atoms with Gasteiger partial charge in [-0.05, 0) is 18.8 Å². The molecule has 60 valence electrons. The number of likely N-dealkylation sites (N-methyl/N-ethyl adjacent to an activating group) is 1. The molecule has 1 atom stereocenters. The van der Waals surface area contributed by atoms with Crippen LogP contribution < -0.4 is 5.32 Å². The molecule has 1 aliphatic heterocycles. The van der Waals surface area contributed by atoms with E-state index in [-0.39, 0.29) is 12.1 Å². The van der Waals surface area contributed by atoms with Crippen LogP contribution in [0.4, 0.5) is 4.79 Å². The lowest BCUT2D eigenvalue weighted by atomic mass is 10.2. The highest BCUT2D eigenvalue weighted by atomic mass is 16.2. The molecule has 4 heteroatoms. The standard InChI is InChI=1S/C7H11N3O/c1-10-5(4-2-3-4)6(8)9-7(10)11/h4-5H,2-3H2,1H3,(H2,8,9,11). The third-order valence-electron chi connectivity index (χ3n) is 2.34. The Morgan fingerprint density at radius 1 is 1.64 bits per heavy atom.